The Morgan fingerprint density at radius 2 is 2.16 bits per heavy atom. The monoisotopic (exact) mass is 261 g/mol. The van der Waals surface area contributed by atoms with E-state index in [4.69, 9.17) is 0 Å². The average molecular weight is 261 g/mol. The molecule has 19 heavy (non-hydrogen) atoms. The third kappa shape index (κ3) is 3.00. The van der Waals surface area contributed by atoms with E-state index >= 15 is 0 Å². The maximum atomic E-state index is 12.1. The second kappa shape index (κ2) is 5.95. The lowest BCUT2D eigenvalue weighted by Crippen LogP contribution is -2.35. The van der Waals surface area contributed by atoms with E-state index in [1.165, 1.54) is 5.56 Å². The molecule has 0 fully saturated rings. The van der Waals surface area contributed by atoms with Gasteiger partial charge in [0.2, 0.25) is 0 Å². The molecule has 1 aromatic rings. The van der Waals surface area contributed by atoms with Crippen molar-refractivity contribution in [3.63, 3.8) is 0 Å². The second-order valence-electron chi connectivity index (χ2n) is 5.03. The molecular weight excluding hydrogens is 238 g/mol. The lowest BCUT2D eigenvalue weighted by Gasteiger charge is -2.27. The van der Waals surface area contributed by atoms with Crippen molar-refractivity contribution in [3.05, 3.63) is 23.8 Å². The van der Waals surface area contributed by atoms with Gasteiger partial charge in [0.25, 0.3) is 0 Å². The number of urea groups is 1. The fourth-order valence-corrected chi connectivity index (χ4v) is 2.48. The fourth-order valence-electron chi connectivity index (χ4n) is 2.48. The lowest BCUT2D eigenvalue weighted by molar-refractivity contribution is 0.217. The first-order chi connectivity index (χ1) is 9.15. The number of hydrogen-bond donors (Lipinski definition) is 2. The number of anilines is 2. The highest BCUT2D eigenvalue weighted by atomic mass is 16.2. The Hall–Kier alpha value is -1.71. The highest BCUT2D eigenvalue weighted by molar-refractivity contribution is 5.94. The molecule has 0 saturated heterocycles. The number of hydrogen-bond acceptors (Lipinski definition) is 2. The van der Waals surface area contributed by atoms with Crippen LogP contribution in [0.4, 0.5) is 16.2 Å². The Kier molecular flexibility index (Phi) is 4.30. The number of rotatable bonds is 3. The minimum atomic E-state index is -0.0292. The molecule has 2 amide bonds. The van der Waals surface area contributed by atoms with E-state index in [1.807, 2.05) is 26.0 Å². The van der Waals surface area contributed by atoms with Crippen molar-refractivity contribution < 1.29 is 4.79 Å². The molecule has 0 aromatic heterocycles. The normalized spacial score (nSPS) is 17.3. The van der Waals surface area contributed by atoms with Crippen molar-refractivity contribution in [2.24, 2.45) is 0 Å². The smallest absolute Gasteiger partial charge is 0.321 e. The van der Waals surface area contributed by atoms with Crippen LogP contribution in [0, 0.1) is 0 Å². The summed E-state index contributed by atoms with van der Waals surface area (Å²) in [5.74, 6) is 0. The third-order valence-corrected chi connectivity index (χ3v) is 3.68. The summed E-state index contributed by atoms with van der Waals surface area (Å²) in [6, 6.07) is 6.53. The summed E-state index contributed by atoms with van der Waals surface area (Å²) in [5, 5.41) is 6.49. The van der Waals surface area contributed by atoms with Crippen LogP contribution >= 0.6 is 0 Å². The first-order valence-corrected chi connectivity index (χ1v) is 7.10. The number of carbonyl (C=O) groups excluding carboxylic acids is 1. The number of amides is 2. The van der Waals surface area contributed by atoms with Crippen molar-refractivity contribution in [1.82, 2.24) is 4.90 Å². The summed E-state index contributed by atoms with van der Waals surface area (Å²) in [4.78, 5) is 13.9. The Bertz CT molecular complexity index is 455. The number of nitrogens with one attached hydrogen (secondary N) is 2. The predicted octanol–water partition coefficient (Wildman–Crippen LogP) is 3.31. The molecule has 1 aromatic carbocycles. The van der Waals surface area contributed by atoms with Crippen LogP contribution in [0.5, 0.6) is 0 Å². The van der Waals surface area contributed by atoms with E-state index in [0.717, 1.165) is 37.3 Å². The van der Waals surface area contributed by atoms with Crippen LogP contribution in [-0.2, 0) is 6.42 Å². The van der Waals surface area contributed by atoms with Gasteiger partial charge in [0.15, 0.2) is 0 Å². The van der Waals surface area contributed by atoms with Gasteiger partial charge in [-0.3, -0.25) is 0 Å². The van der Waals surface area contributed by atoms with Gasteiger partial charge in [0.05, 0.1) is 11.4 Å². The van der Waals surface area contributed by atoms with Gasteiger partial charge < -0.3 is 15.5 Å². The summed E-state index contributed by atoms with van der Waals surface area (Å²) >= 11 is 0. The van der Waals surface area contributed by atoms with Crippen molar-refractivity contribution in [2.45, 2.75) is 39.7 Å². The van der Waals surface area contributed by atoms with Gasteiger partial charge in [-0.05, 0) is 45.2 Å². The van der Waals surface area contributed by atoms with Gasteiger partial charge in [-0.1, -0.05) is 12.1 Å². The number of fused-ring (bicyclic) bond motifs is 1. The van der Waals surface area contributed by atoms with Crippen molar-refractivity contribution in [3.8, 4) is 0 Å². The first kappa shape index (κ1) is 13.7. The molecule has 104 valence electrons. The molecule has 0 spiro atoms. The molecule has 4 heteroatoms. The van der Waals surface area contributed by atoms with Crippen LogP contribution in [0.2, 0.25) is 0 Å². The third-order valence-electron chi connectivity index (χ3n) is 3.68. The Labute approximate surface area is 115 Å². The summed E-state index contributed by atoms with van der Waals surface area (Å²) < 4.78 is 0. The zero-order chi connectivity index (χ0) is 13.8. The summed E-state index contributed by atoms with van der Waals surface area (Å²) in [7, 11) is 0. The molecule has 2 N–H and O–H groups in total. The van der Waals surface area contributed by atoms with E-state index in [1.54, 1.807) is 4.90 Å². The summed E-state index contributed by atoms with van der Waals surface area (Å²) in [6.45, 7) is 7.60. The zero-order valence-electron chi connectivity index (χ0n) is 12.0. The molecule has 0 bridgehead atoms. The molecule has 1 aliphatic rings. The molecule has 0 aliphatic carbocycles. The van der Waals surface area contributed by atoms with E-state index in [-0.39, 0.29) is 6.03 Å². The van der Waals surface area contributed by atoms with E-state index in [2.05, 4.69) is 23.6 Å². The van der Waals surface area contributed by atoms with E-state index < -0.39 is 0 Å². The maximum absolute atomic E-state index is 12.1. The fraction of sp³-hybridized carbons (Fsp3) is 0.533. The van der Waals surface area contributed by atoms with Crippen LogP contribution in [0.25, 0.3) is 0 Å². The summed E-state index contributed by atoms with van der Waals surface area (Å²) in [6.07, 6.45) is 2.21. The molecule has 4 nitrogen and oxygen atoms in total. The van der Waals surface area contributed by atoms with E-state index in [9.17, 15) is 4.79 Å². The highest BCUT2D eigenvalue weighted by Crippen LogP contribution is 2.32. The van der Waals surface area contributed by atoms with Gasteiger partial charge in [0.1, 0.15) is 0 Å². The summed E-state index contributed by atoms with van der Waals surface area (Å²) in [5.41, 5.74) is 3.26. The van der Waals surface area contributed by atoms with Gasteiger partial charge in [-0.15, -0.1) is 0 Å². The van der Waals surface area contributed by atoms with E-state index in [0.29, 0.717) is 6.04 Å². The van der Waals surface area contributed by atoms with Gasteiger partial charge in [0, 0.05) is 19.1 Å². The van der Waals surface area contributed by atoms with Gasteiger partial charge in [-0.2, -0.15) is 0 Å². The van der Waals surface area contributed by atoms with Crippen LogP contribution < -0.4 is 10.6 Å². The molecule has 1 unspecified atom stereocenters. The Balaban J connectivity index is 2.19. The number of aryl methyl sites for hydroxylation is 1. The standard InChI is InChI=1S/C15H23N3O/c1-4-18(5-2)15(19)17-13-8-6-7-12-10-9-11(3)16-14(12)13/h6-8,11,16H,4-5,9-10H2,1-3H3,(H,17,19). The molecule has 1 atom stereocenters. The van der Waals surface area contributed by atoms with Crippen LogP contribution in [-0.4, -0.2) is 30.1 Å². The Morgan fingerprint density at radius 1 is 1.42 bits per heavy atom. The molecule has 0 radical (unpaired) electrons. The van der Waals surface area contributed by atoms with Crippen LogP contribution in [0.15, 0.2) is 18.2 Å². The molecule has 2 rings (SSSR count). The van der Waals surface area contributed by atoms with Crippen LogP contribution in [0.3, 0.4) is 0 Å². The maximum Gasteiger partial charge on any atom is 0.321 e. The topological polar surface area (TPSA) is 44.4 Å². The molecular formula is C15H23N3O. The number of nitrogens with zero attached hydrogens (tertiary/aromatic N) is 1. The highest BCUT2D eigenvalue weighted by Gasteiger charge is 2.19. The van der Waals surface area contributed by atoms with Crippen molar-refractivity contribution in [1.29, 1.82) is 0 Å². The first-order valence-electron chi connectivity index (χ1n) is 7.10. The molecule has 1 aliphatic heterocycles. The van der Waals surface area contributed by atoms with Crippen molar-refractivity contribution in [2.75, 3.05) is 23.7 Å². The predicted molar refractivity (Wildman–Crippen MR) is 79.8 cm³/mol. The van der Waals surface area contributed by atoms with Gasteiger partial charge in [-0.25, -0.2) is 4.79 Å². The number of benzene rings is 1. The average Bonchev–Trinajstić information content (AvgIpc) is 2.41. The zero-order valence-corrected chi connectivity index (χ0v) is 12.0. The van der Waals surface area contributed by atoms with Gasteiger partial charge >= 0.3 is 6.03 Å². The molecule has 0 saturated carbocycles. The van der Waals surface area contributed by atoms with Crippen LogP contribution in [0.1, 0.15) is 32.8 Å². The second-order valence-corrected chi connectivity index (χ2v) is 5.03. The number of para-hydroxylation sites is 1. The largest absolute Gasteiger partial charge is 0.381 e. The minimum Gasteiger partial charge on any atom is -0.381 e. The van der Waals surface area contributed by atoms with Crippen molar-refractivity contribution >= 4 is 17.4 Å². The minimum absolute atomic E-state index is 0.0292. The molecule has 1 heterocycles. The number of carbonyl (C=O) groups is 1. The lowest BCUT2D eigenvalue weighted by atomic mass is 9.98. The quantitative estimate of drug-likeness (QED) is 0.876. The SMILES string of the molecule is CCN(CC)C(=O)Nc1cccc2c1NC(C)CC2. The Morgan fingerprint density at radius 3 is 2.84 bits per heavy atom.